The molecule has 0 heterocycles. The fourth-order valence-corrected chi connectivity index (χ4v) is 1.68. The summed E-state index contributed by atoms with van der Waals surface area (Å²) in [6.07, 6.45) is 2.04. The van der Waals surface area contributed by atoms with Gasteiger partial charge in [-0.3, -0.25) is 0 Å². The fraction of sp³-hybridized carbons (Fsp3) is 0.455. The summed E-state index contributed by atoms with van der Waals surface area (Å²) in [7, 11) is 0. The molecule has 0 saturated carbocycles. The lowest BCUT2D eigenvalue weighted by atomic mass is 10.2. The predicted molar refractivity (Wildman–Crippen MR) is 62.7 cm³/mol. The van der Waals surface area contributed by atoms with E-state index in [1.165, 1.54) is 0 Å². The normalized spacial score (nSPS) is 10.2. The smallest absolute Gasteiger partial charge is 0.122 e. The zero-order valence-electron chi connectivity index (χ0n) is 8.42. The second-order valence-electron chi connectivity index (χ2n) is 3.25. The molecule has 0 spiro atoms. The molecule has 0 unspecified atom stereocenters. The first-order chi connectivity index (χ1) is 6.74. The van der Waals surface area contributed by atoms with Gasteiger partial charge in [0, 0.05) is 4.47 Å². The van der Waals surface area contributed by atoms with Gasteiger partial charge in [-0.1, -0.05) is 15.9 Å². The molecular formula is C11H16BrNO. The maximum absolute atomic E-state index is 5.62. The molecule has 1 rings (SSSR count). The van der Waals surface area contributed by atoms with Crippen molar-refractivity contribution in [1.82, 2.24) is 0 Å². The average Bonchev–Trinajstić information content (AvgIpc) is 2.15. The van der Waals surface area contributed by atoms with Crippen LogP contribution in [-0.2, 0) is 0 Å². The number of halogens is 1. The van der Waals surface area contributed by atoms with Gasteiger partial charge in [0.05, 0.1) is 6.61 Å². The first-order valence-electron chi connectivity index (χ1n) is 4.83. The molecule has 78 valence electrons. The Hall–Kier alpha value is -0.540. The number of benzene rings is 1. The number of nitrogens with two attached hydrogens (primary N) is 1. The Labute approximate surface area is 93.6 Å². The van der Waals surface area contributed by atoms with Gasteiger partial charge in [0.15, 0.2) is 0 Å². The number of ether oxygens (including phenoxy) is 1. The zero-order valence-corrected chi connectivity index (χ0v) is 10.0. The molecule has 2 N–H and O–H groups in total. The molecule has 0 atom stereocenters. The highest BCUT2D eigenvalue weighted by atomic mass is 79.9. The van der Waals surface area contributed by atoms with Gasteiger partial charge in [0.1, 0.15) is 5.75 Å². The van der Waals surface area contributed by atoms with E-state index in [0.717, 1.165) is 41.8 Å². The quantitative estimate of drug-likeness (QED) is 0.824. The Kier molecular flexibility index (Phi) is 4.98. The lowest BCUT2D eigenvalue weighted by Gasteiger charge is -2.08. The maximum atomic E-state index is 5.62. The van der Waals surface area contributed by atoms with Crippen LogP contribution in [0.15, 0.2) is 22.7 Å². The van der Waals surface area contributed by atoms with Crippen LogP contribution in [0.5, 0.6) is 5.75 Å². The van der Waals surface area contributed by atoms with Crippen molar-refractivity contribution in [3.05, 3.63) is 28.2 Å². The molecule has 0 aliphatic carbocycles. The standard InChI is InChI=1S/C11H16BrNO/c1-9-8-10(12)4-5-11(9)14-7-3-2-6-13/h4-5,8H,2-3,6-7,13H2,1H3. The van der Waals surface area contributed by atoms with Gasteiger partial charge in [-0.2, -0.15) is 0 Å². The SMILES string of the molecule is Cc1cc(Br)ccc1OCCCCN. The molecular weight excluding hydrogens is 242 g/mol. The largest absolute Gasteiger partial charge is 0.493 e. The molecule has 0 aromatic heterocycles. The zero-order chi connectivity index (χ0) is 10.4. The highest BCUT2D eigenvalue weighted by molar-refractivity contribution is 9.10. The van der Waals surface area contributed by atoms with E-state index in [4.69, 9.17) is 10.5 Å². The van der Waals surface area contributed by atoms with E-state index in [0.29, 0.717) is 0 Å². The van der Waals surface area contributed by atoms with Crippen LogP contribution in [0.3, 0.4) is 0 Å². The molecule has 0 bridgehead atoms. The van der Waals surface area contributed by atoms with Crippen LogP contribution in [0, 0.1) is 6.92 Å². The fourth-order valence-electron chi connectivity index (χ4n) is 1.20. The van der Waals surface area contributed by atoms with E-state index in [-0.39, 0.29) is 0 Å². The third kappa shape index (κ3) is 3.68. The predicted octanol–water partition coefficient (Wildman–Crippen LogP) is 2.88. The maximum Gasteiger partial charge on any atom is 0.122 e. The third-order valence-corrected chi connectivity index (χ3v) is 2.49. The second-order valence-corrected chi connectivity index (χ2v) is 4.17. The van der Waals surface area contributed by atoms with Crippen LogP contribution in [0.2, 0.25) is 0 Å². The minimum atomic E-state index is 0.739. The first-order valence-corrected chi connectivity index (χ1v) is 5.62. The van der Waals surface area contributed by atoms with Gasteiger partial charge >= 0.3 is 0 Å². The lowest BCUT2D eigenvalue weighted by molar-refractivity contribution is 0.306. The van der Waals surface area contributed by atoms with Crippen molar-refractivity contribution in [1.29, 1.82) is 0 Å². The molecule has 0 aliphatic rings. The Morgan fingerprint density at radius 3 is 2.79 bits per heavy atom. The van der Waals surface area contributed by atoms with Crippen LogP contribution in [0.4, 0.5) is 0 Å². The monoisotopic (exact) mass is 257 g/mol. The van der Waals surface area contributed by atoms with Crippen molar-refractivity contribution >= 4 is 15.9 Å². The van der Waals surface area contributed by atoms with Gasteiger partial charge in [-0.15, -0.1) is 0 Å². The summed E-state index contributed by atoms with van der Waals surface area (Å²) in [6, 6.07) is 6.03. The van der Waals surface area contributed by atoms with Crippen molar-refractivity contribution in [3.63, 3.8) is 0 Å². The summed E-state index contributed by atoms with van der Waals surface area (Å²) in [4.78, 5) is 0. The van der Waals surface area contributed by atoms with Crippen molar-refractivity contribution in [3.8, 4) is 5.75 Å². The highest BCUT2D eigenvalue weighted by Crippen LogP contribution is 2.22. The summed E-state index contributed by atoms with van der Waals surface area (Å²) in [6.45, 7) is 3.53. The Balaban J connectivity index is 2.42. The number of hydrogen-bond donors (Lipinski definition) is 1. The first kappa shape index (κ1) is 11.5. The lowest BCUT2D eigenvalue weighted by Crippen LogP contribution is -2.03. The van der Waals surface area contributed by atoms with Gasteiger partial charge in [-0.05, 0) is 50.1 Å². The molecule has 0 radical (unpaired) electrons. The summed E-state index contributed by atoms with van der Waals surface area (Å²) >= 11 is 3.42. The average molecular weight is 258 g/mol. The van der Waals surface area contributed by atoms with E-state index in [1.807, 2.05) is 19.1 Å². The van der Waals surface area contributed by atoms with Crippen LogP contribution < -0.4 is 10.5 Å². The van der Waals surface area contributed by atoms with Crippen LogP contribution in [-0.4, -0.2) is 13.2 Å². The van der Waals surface area contributed by atoms with Crippen LogP contribution in [0.25, 0.3) is 0 Å². The highest BCUT2D eigenvalue weighted by Gasteiger charge is 1.99. The molecule has 1 aromatic carbocycles. The minimum Gasteiger partial charge on any atom is -0.493 e. The molecule has 0 fully saturated rings. The number of unbranched alkanes of at least 4 members (excludes halogenated alkanes) is 1. The van der Waals surface area contributed by atoms with E-state index in [2.05, 4.69) is 22.0 Å². The van der Waals surface area contributed by atoms with E-state index in [9.17, 15) is 0 Å². The van der Waals surface area contributed by atoms with Gasteiger partial charge in [-0.25, -0.2) is 0 Å². The molecule has 0 amide bonds. The minimum absolute atomic E-state index is 0.739. The van der Waals surface area contributed by atoms with Gasteiger partial charge in [0.25, 0.3) is 0 Å². The number of aryl methyl sites for hydroxylation is 1. The Morgan fingerprint density at radius 1 is 1.36 bits per heavy atom. The summed E-state index contributed by atoms with van der Waals surface area (Å²) in [5.41, 5.74) is 6.56. The Bertz CT molecular complexity index is 289. The molecule has 0 saturated heterocycles. The molecule has 0 aliphatic heterocycles. The topological polar surface area (TPSA) is 35.2 Å². The van der Waals surface area contributed by atoms with Crippen molar-refractivity contribution in [2.45, 2.75) is 19.8 Å². The van der Waals surface area contributed by atoms with E-state index < -0.39 is 0 Å². The summed E-state index contributed by atoms with van der Waals surface area (Å²) in [5, 5.41) is 0. The Morgan fingerprint density at radius 2 is 2.14 bits per heavy atom. The molecule has 14 heavy (non-hydrogen) atoms. The van der Waals surface area contributed by atoms with E-state index in [1.54, 1.807) is 0 Å². The van der Waals surface area contributed by atoms with Crippen molar-refractivity contribution in [2.75, 3.05) is 13.2 Å². The second kappa shape index (κ2) is 6.04. The molecule has 2 nitrogen and oxygen atoms in total. The van der Waals surface area contributed by atoms with Crippen LogP contribution >= 0.6 is 15.9 Å². The van der Waals surface area contributed by atoms with Crippen LogP contribution in [0.1, 0.15) is 18.4 Å². The summed E-state index contributed by atoms with van der Waals surface area (Å²) < 4.78 is 6.70. The molecule has 1 aromatic rings. The third-order valence-electron chi connectivity index (χ3n) is 1.99. The van der Waals surface area contributed by atoms with Gasteiger partial charge in [0.2, 0.25) is 0 Å². The van der Waals surface area contributed by atoms with Crippen molar-refractivity contribution < 1.29 is 4.74 Å². The number of rotatable bonds is 5. The van der Waals surface area contributed by atoms with Crippen molar-refractivity contribution in [2.24, 2.45) is 5.73 Å². The van der Waals surface area contributed by atoms with Gasteiger partial charge < -0.3 is 10.5 Å². The number of hydrogen-bond acceptors (Lipinski definition) is 2. The molecule has 3 heteroatoms. The summed E-state index contributed by atoms with van der Waals surface area (Å²) in [5.74, 6) is 0.963. The van der Waals surface area contributed by atoms with E-state index >= 15 is 0 Å².